The number of hydrogen-bond acceptors (Lipinski definition) is 4. The Morgan fingerprint density at radius 2 is 1.74 bits per heavy atom. The first-order valence-electron chi connectivity index (χ1n) is 8.93. The maximum Gasteiger partial charge on any atom is 0.341 e. The van der Waals surface area contributed by atoms with Gasteiger partial charge in [0.15, 0.2) is 0 Å². The third-order valence-electron chi connectivity index (χ3n) is 4.90. The third kappa shape index (κ3) is 3.27. The maximum absolute atomic E-state index is 12.6. The predicted octanol–water partition coefficient (Wildman–Crippen LogP) is 5.30. The number of fused-ring (bicyclic) bond motifs is 1. The molecule has 0 aliphatic rings. The summed E-state index contributed by atoms with van der Waals surface area (Å²) in [6.07, 6.45) is 3.70. The van der Waals surface area contributed by atoms with E-state index in [-0.39, 0.29) is 5.41 Å². The molecule has 0 bridgehead atoms. The van der Waals surface area contributed by atoms with Gasteiger partial charge in [-0.2, -0.15) is 0 Å². The highest BCUT2D eigenvalue weighted by Crippen LogP contribution is 2.42. The Hall–Kier alpha value is -2.88. The minimum Gasteiger partial charge on any atom is -0.496 e. The van der Waals surface area contributed by atoms with Crippen LogP contribution in [-0.4, -0.2) is 25.2 Å². The number of aromatic nitrogens is 1. The number of rotatable bonds is 3. The van der Waals surface area contributed by atoms with E-state index in [1.165, 1.54) is 7.11 Å². The van der Waals surface area contributed by atoms with E-state index in [0.717, 1.165) is 33.0 Å². The van der Waals surface area contributed by atoms with Crippen molar-refractivity contribution < 1.29 is 14.3 Å². The second-order valence-electron chi connectivity index (χ2n) is 7.65. The Bertz CT molecular complexity index is 1010. The fraction of sp³-hybridized carbons (Fsp3) is 0.304. The Balaban J connectivity index is 2.45. The molecule has 0 atom stereocenters. The number of carbonyl (C=O) groups is 1. The number of nitrogens with zero attached hydrogens (tertiary/aromatic N) is 1. The van der Waals surface area contributed by atoms with Crippen LogP contribution in [0.25, 0.3) is 21.9 Å². The van der Waals surface area contributed by atoms with Crippen molar-refractivity contribution in [1.82, 2.24) is 4.98 Å². The molecule has 1 aromatic heterocycles. The van der Waals surface area contributed by atoms with Gasteiger partial charge in [-0.15, -0.1) is 0 Å². The molecule has 27 heavy (non-hydrogen) atoms. The molecule has 0 amide bonds. The molecule has 140 valence electrons. The van der Waals surface area contributed by atoms with E-state index < -0.39 is 5.97 Å². The monoisotopic (exact) mass is 363 g/mol. The Morgan fingerprint density at radius 3 is 2.37 bits per heavy atom. The number of benzene rings is 2. The molecule has 0 N–H and O–H groups in total. The molecule has 0 unspecified atom stereocenters. The minimum atomic E-state index is -0.398. The van der Waals surface area contributed by atoms with E-state index in [2.05, 4.69) is 37.9 Å². The van der Waals surface area contributed by atoms with E-state index in [1.54, 1.807) is 7.11 Å². The summed E-state index contributed by atoms with van der Waals surface area (Å²) in [5.41, 5.74) is 3.99. The van der Waals surface area contributed by atoms with Crippen molar-refractivity contribution in [3.05, 3.63) is 59.4 Å². The summed E-state index contributed by atoms with van der Waals surface area (Å²) in [5.74, 6) is 0.175. The molecule has 3 aromatic rings. The van der Waals surface area contributed by atoms with E-state index in [4.69, 9.17) is 9.47 Å². The highest BCUT2D eigenvalue weighted by atomic mass is 16.5. The van der Waals surface area contributed by atoms with Gasteiger partial charge in [0, 0.05) is 28.9 Å². The van der Waals surface area contributed by atoms with Crippen LogP contribution in [0.2, 0.25) is 0 Å². The smallest absolute Gasteiger partial charge is 0.341 e. The predicted molar refractivity (Wildman–Crippen MR) is 109 cm³/mol. The fourth-order valence-corrected chi connectivity index (χ4v) is 3.49. The molecule has 0 aliphatic heterocycles. The number of hydrogen-bond donors (Lipinski definition) is 0. The SMILES string of the molecule is COC(=O)c1c(C)c(-c2cncc3ccccc23)cc(C(C)(C)C)c1OC. The topological polar surface area (TPSA) is 48.4 Å². The van der Waals surface area contributed by atoms with Crippen molar-refractivity contribution >= 4 is 16.7 Å². The van der Waals surface area contributed by atoms with Gasteiger partial charge < -0.3 is 9.47 Å². The normalized spacial score (nSPS) is 11.5. The molecule has 0 radical (unpaired) electrons. The molecule has 4 heteroatoms. The Morgan fingerprint density at radius 1 is 1.04 bits per heavy atom. The molecular formula is C23H25NO3. The van der Waals surface area contributed by atoms with Crippen molar-refractivity contribution in [2.24, 2.45) is 0 Å². The van der Waals surface area contributed by atoms with E-state index in [0.29, 0.717) is 11.3 Å². The van der Waals surface area contributed by atoms with Gasteiger partial charge in [0.05, 0.1) is 14.2 Å². The average Bonchev–Trinajstić information content (AvgIpc) is 2.65. The Labute approximate surface area is 160 Å². The van der Waals surface area contributed by atoms with Crippen LogP contribution in [0.15, 0.2) is 42.7 Å². The van der Waals surface area contributed by atoms with Crippen molar-refractivity contribution in [2.45, 2.75) is 33.1 Å². The van der Waals surface area contributed by atoms with Gasteiger partial charge in [-0.3, -0.25) is 4.98 Å². The van der Waals surface area contributed by atoms with Gasteiger partial charge in [-0.05, 0) is 34.9 Å². The molecule has 4 nitrogen and oxygen atoms in total. The zero-order chi connectivity index (χ0) is 19.8. The maximum atomic E-state index is 12.6. The average molecular weight is 363 g/mol. The minimum absolute atomic E-state index is 0.214. The molecule has 0 saturated carbocycles. The zero-order valence-electron chi connectivity index (χ0n) is 16.7. The third-order valence-corrected chi connectivity index (χ3v) is 4.90. The first kappa shape index (κ1) is 18.9. The fourth-order valence-electron chi connectivity index (χ4n) is 3.49. The van der Waals surface area contributed by atoms with Crippen LogP contribution in [0.5, 0.6) is 5.75 Å². The second kappa shape index (κ2) is 7.03. The van der Waals surface area contributed by atoms with Crippen LogP contribution in [0.3, 0.4) is 0 Å². The van der Waals surface area contributed by atoms with Gasteiger partial charge in [0.1, 0.15) is 11.3 Å². The largest absolute Gasteiger partial charge is 0.496 e. The van der Waals surface area contributed by atoms with E-state index >= 15 is 0 Å². The van der Waals surface area contributed by atoms with Crippen LogP contribution < -0.4 is 4.74 Å². The lowest BCUT2D eigenvalue weighted by Gasteiger charge is -2.26. The van der Waals surface area contributed by atoms with E-state index in [1.807, 2.05) is 37.5 Å². The Kier molecular flexibility index (Phi) is 4.92. The summed E-state index contributed by atoms with van der Waals surface area (Å²) < 4.78 is 10.7. The number of esters is 1. The highest BCUT2D eigenvalue weighted by molar-refractivity contribution is 6.01. The quantitative estimate of drug-likeness (QED) is 0.592. The van der Waals surface area contributed by atoms with E-state index in [9.17, 15) is 4.79 Å². The molecule has 1 heterocycles. The summed E-state index contributed by atoms with van der Waals surface area (Å²) in [6, 6.07) is 10.2. The van der Waals surface area contributed by atoms with Crippen LogP contribution >= 0.6 is 0 Å². The summed E-state index contributed by atoms with van der Waals surface area (Å²) in [6.45, 7) is 8.24. The lowest BCUT2D eigenvalue weighted by molar-refractivity contribution is 0.0596. The van der Waals surface area contributed by atoms with Gasteiger partial charge >= 0.3 is 5.97 Å². The summed E-state index contributed by atoms with van der Waals surface area (Å²) in [4.78, 5) is 17.0. The van der Waals surface area contributed by atoms with Crippen LogP contribution in [0.4, 0.5) is 0 Å². The number of carbonyl (C=O) groups excluding carboxylic acids is 1. The number of ether oxygens (including phenoxy) is 2. The summed E-state index contributed by atoms with van der Waals surface area (Å²) in [7, 11) is 2.99. The van der Waals surface area contributed by atoms with Gasteiger partial charge in [-0.25, -0.2) is 4.79 Å². The van der Waals surface area contributed by atoms with Crippen molar-refractivity contribution in [1.29, 1.82) is 0 Å². The lowest BCUT2D eigenvalue weighted by atomic mass is 9.81. The summed E-state index contributed by atoms with van der Waals surface area (Å²) in [5, 5.41) is 2.15. The molecule has 0 saturated heterocycles. The molecule has 0 fully saturated rings. The summed E-state index contributed by atoms with van der Waals surface area (Å²) >= 11 is 0. The number of pyridine rings is 1. The van der Waals surface area contributed by atoms with Gasteiger partial charge in [0.25, 0.3) is 0 Å². The van der Waals surface area contributed by atoms with Crippen molar-refractivity contribution in [3.63, 3.8) is 0 Å². The van der Waals surface area contributed by atoms with Crippen molar-refractivity contribution in [2.75, 3.05) is 14.2 Å². The molecule has 3 rings (SSSR count). The number of methoxy groups -OCH3 is 2. The van der Waals surface area contributed by atoms with Crippen LogP contribution in [0.1, 0.15) is 42.3 Å². The highest BCUT2D eigenvalue weighted by Gasteiger charge is 2.29. The molecule has 0 spiro atoms. The first-order chi connectivity index (χ1) is 12.8. The van der Waals surface area contributed by atoms with Crippen LogP contribution in [0, 0.1) is 6.92 Å². The van der Waals surface area contributed by atoms with Gasteiger partial charge in [-0.1, -0.05) is 45.0 Å². The standard InChI is InChI=1S/C23H25NO3/c1-14-17(18-13-24-12-15-9-7-8-10-16(15)18)11-19(23(2,3)4)21(26-5)20(14)22(25)27-6/h7-13H,1-6H3. The van der Waals surface area contributed by atoms with Crippen LogP contribution in [-0.2, 0) is 10.2 Å². The van der Waals surface area contributed by atoms with Crippen molar-refractivity contribution in [3.8, 4) is 16.9 Å². The second-order valence-corrected chi connectivity index (χ2v) is 7.65. The first-order valence-corrected chi connectivity index (χ1v) is 8.93. The molecule has 0 aliphatic carbocycles. The molecule has 2 aromatic carbocycles. The lowest BCUT2D eigenvalue weighted by Crippen LogP contribution is -2.17. The zero-order valence-corrected chi connectivity index (χ0v) is 16.7. The molecular weight excluding hydrogens is 338 g/mol. The van der Waals surface area contributed by atoms with Gasteiger partial charge in [0.2, 0.25) is 0 Å².